The van der Waals surface area contributed by atoms with Gasteiger partial charge in [-0.15, -0.1) is 0 Å². The number of halogens is 1. The van der Waals surface area contributed by atoms with Gasteiger partial charge in [0.05, 0.1) is 18.3 Å². The average molecular weight is 452 g/mol. The fraction of sp³-hybridized carbons (Fsp3) is 0.240. The van der Waals surface area contributed by atoms with Gasteiger partial charge in [0.2, 0.25) is 0 Å². The van der Waals surface area contributed by atoms with Crippen LogP contribution < -0.4 is 10.1 Å². The Labute approximate surface area is 191 Å². The summed E-state index contributed by atoms with van der Waals surface area (Å²) in [5.74, 6) is -1.16. The van der Waals surface area contributed by atoms with Crippen molar-refractivity contribution in [2.24, 2.45) is 0 Å². The first-order valence-corrected chi connectivity index (χ1v) is 10.3. The molecule has 33 heavy (non-hydrogen) atoms. The lowest BCUT2D eigenvalue weighted by molar-refractivity contribution is -0.136. The third kappa shape index (κ3) is 5.46. The molecule has 8 heteroatoms. The highest BCUT2D eigenvalue weighted by molar-refractivity contribution is 6.16. The number of allylic oxidation sites excluding steroid dienone is 1. The highest BCUT2D eigenvalue weighted by Gasteiger charge is 2.38. The molecule has 2 aromatic rings. The van der Waals surface area contributed by atoms with Gasteiger partial charge < -0.3 is 19.7 Å². The van der Waals surface area contributed by atoms with E-state index >= 15 is 0 Å². The van der Waals surface area contributed by atoms with E-state index in [2.05, 4.69) is 5.32 Å². The third-order valence-corrected chi connectivity index (χ3v) is 5.04. The summed E-state index contributed by atoms with van der Waals surface area (Å²) in [6, 6.07) is 12.1. The maximum absolute atomic E-state index is 12.9. The van der Waals surface area contributed by atoms with Gasteiger partial charge in [-0.05, 0) is 68.8 Å². The Hall–Kier alpha value is -3.94. The number of carbonyl (C=O) groups is 3. The summed E-state index contributed by atoms with van der Waals surface area (Å²) in [7, 11) is 1.28. The first kappa shape index (κ1) is 23.7. The topological polar surface area (TPSA) is 84.9 Å². The number of hydrogen-bond acceptors (Lipinski definition) is 5. The lowest BCUT2D eigenvalue weighted by Gasteiger charge is -2.22. The van der Waals surface area contributed by atoms with Gasteiger partial charge in [-0.2, -0.15) is 0 Å². The van der Waals surface area contributed by atoms with Crippen molar-refractivity contribution in [3.8, 4) is 5.75 Å². The first-order chi connectivity index (χ1) is 15.7. The number of benzene rings is 2. The van der Waals surface area contributed by atoms with E-state index in [0.29, 0.717) is 22.7 Å². The highest BCUT2D eigenvalue weighted by Crippen LogP contribution is 2.33. The summed E-state index contributed by atoms with van der Waals surface area (Å²) in [5.41, 5.74) is 2.21. The number of nitrogens with one attached hydrogen (secondary N) is 1. The van der Waals surface area contributed by atoms with Crippen LogP contribution in [0.5, 0.6) is 5.75 Å². The normalized spacial score (nSPS) is 14.8. The zero-order chi connectivity index (χ0) is 24.1. The highest BCUT2D eigenvalue weighted by atomic mass is 19.1. The van der Waals surface area contributed by atoms with E-state index in [1.54, 1.807) is 42.2 Å². The van der Waals surface area contributed by atoms with Crippen LogP contribution in [0.25, 0.3) is 6.08 Å². The van der Waals surface area contributed by atoms with Crippen molar-refractivity contribution in [3.05, 3.63) is 76.8 Å². The molecule has 0 bridgehead atoms. The summed E-state index contributed by atoms with van der Waals surface area (Å²) in [4.78, 5) is 38.8. The van der Waals surface area contributed by atoms with Gasteiger partial charge in [-0.25, -0.2) is 9.18 Å². The Balaban J connectivity index is 1.70. The van der Waals surface area contributed by atoms with E-state index in [9.17, 15) is 18.8 Å². The number of esters is 1. The molecule has 2 aromatic carbocycles. The van der Waals surface area contributed by atoms with E-state index in [1.807, 2.05) is 13.8 Å². The van der Waals surface area contributed by atoms with Gasteiger partial charge in [-0.3, -0.25) is 9.59 Å². The molecule has 0 unspecified atom stereocenters. The summed E-state index contributed by atoms with van der Waals surface area (Å²) < 4.78 is 23.3. The lowest BCUT2D eigenvalue weighted by atomic mass is 10.0. The van der Waals surface area contributed by atoms with Crippen molar-refractivity contribution < 1.29 is 28.2 Å². The minimum atomic E-state index is -0.567. The Morgan fingerprint density at radius 2 is 1.73 bits per heavy atom. The van der Waals surface area contributed by atoms with Gasteiger partial charge in [0.1, 0.15) is 11.6 Å². The summed E-state index contributed by atoms with van der Waals surface area (Å²) in [6.07, 6.45) is 1.63. The van der Waals surface area contributed by atoms with Crippen LogP contribution in [0.2, 0.25) is 0 Å². The number of ether oxygens (including phenoxy) is 2. The van der Waals surface area contributed by atoms with Crippen LogP contribution in [-0.2, 0) is 19.1 Å². The van der Waals surface area contributed by atoms with Crippen LogP contribution in [0, 0.1) is 5.82 Å². The van der Waals surface area contributed by atoms with E-state index in [0.717, 1.165) is 0 Å². The molecule has 0 saturated carbocycles. The molecule has 0 radical (unpaired) electrons. The Kier molecular flexibility index (Phi) is 7.27. The molecule has 1 N–H and O–H groups in total. The molecule has 172 valence electrons. The molecule has 3 rings (SSSR count). The molecule has 0 aliphatic carbocycles. The van der Waals surface area contributed by atoms with E-state index < -0.39 is 5.97 Å². The smallest absolute Gasteiger partial charge is 0.340 e. The van der Waals surface area contributed by atoms with Crippen LogP contribution in [0.1, 0.15) is 26.3 Å². The van der Waals surface area contributed by atoms with Crippen molar-refractivity contribution >= 4 is 29.5 Å². The molecule has 2 amide bonds. The molecule has 0 saturated heterocycles. The van der Waals surface area contributed by atoms with Gasteiger partial charge >= 0.3 is 5.97 Å². The summed E-state index contributed by atoms with van der Waals surface area (Å²) in [6.45, 7) is 5.24. The van der Waals surface area contributed by atoms with Gasteiger partial charge in [0.25, 0.3) is 11.8 Å². The molecule has 0 atom stereocenters. The summed E-state index contributed by atoms with van der Waals surface area (Å²) >= 11 is 0. The third-order valence-electron chi connectivity index (χ3n) is 5.04. The van der Waals surface area contributed by atoms with Crippen LogP contribution in [0.15, 0.2) is 65.4 Å². The number of amides is 2. The summed E-state index contributed by atoms with van der Waals surface area (Å²) in [5, 5.41) is 2.61. The zero-order valence-electron chi connectivity index (χ0n) is 18.8. The zero-order valence-corrected chi connectivity index (χ0v) is 18.8. The minimum absolute atomic E-state index is 0.111. The number of nitrogens with zero attached hydrogens (tertiary/aromatic N) is 1. The minimum Gasteiger partial charge on any atom is -0.484 e. The van der Waals surface area contributed by atoms with Crippen LogP contribution in [0.3, 0.4) is 0 Å². The predicted octanol–water partition coefficient (Wildman–Crippen LogP) is 3.92. The quantitative estimate of drug-likeness (QED) is 0.508. The molecule has 0 aromatic heterocycles. The molecule has 1 aliphatic rings. The molecule has 1 aliphatic heterocycles. The SMILES string of the molecule is COC(=O)C1=C(C)N(C(C)C)C(=O)/C1=C\c1ccc(OCC(=O)Nc2ccc(F)cc2)cc1. The van der Waals surface area contributed by atoms with Crippen molar-refractivity contribution in [2.45, 2.75) is 26.8 Å². The Morgan fingerprint density at radius 1 is 1.09 bits per heavy atom. The van der Waals surface area contributed by atoms with E-state index in [1.165, 1.54) is 31.4 Å². The first-order valence-electron chi connectivity index (χ1n) is 10.3. The number of rotatable bonds is 7. The van der Waals surface area contributed by atoms with Crippen LogP contribution >= 0.6 is 0 Å². The number of anilines is 1. The predicted molar refractivity (Wildman–Crippen MR) is 122 cm³/mol. The molecule has 7 nitrogen and oxygen atoms in total. The second kappa shape index (κ2) is 10.1. The van der Waals surface area contributed by atoms with Crippen molar-refractivity contribution in [1.82, 2.24) is 4.90 Å². The monoisotopic (exact) mass is 452 g/mol. The van der Waals surface area contributed by atoms with Crippen LogP contribution in [0.4, 0.5) is 10.1 Å². The molecule has 1 heterocycles. The van der Waals surface area contributed by atoms with Crippen LogP contribution in [-0.4, -0.2) is 42.4 Å². The molecular formula is C25H25FN2O5. The molecular weight excluding hydrogens is 427 g/mol. The maximum Gasteiger partial charge on any atom is 0.340 e. The maximum atomic E-state index is 12.9. The van der Waals surface area contributed by atoms with Gasteiger partial charge in [0.15, 0.2) is 6.61 Å². The number of carbonyl (C=O) groups excluding carboxylic acids is 3. The van der Waals surface area contributed by atoms with Crippen molar-refractivity contribution in [1.29, 1.82) is 0 Å². The van der Waals surface area contributed by atoms with Crippen molar-refractivity contribution in [2.75, 3.05) is 19.0 Å². The largest absolute Gasteiger partial charge is 0.484 e. The Morgan fingerprint density at radius 3 is 2.30 bits per heavy atom. The second-order valence-corrected chi connectivity index (χ2v) is 7.69. The second-order valence-electron chi connectivity index (χ2n) is 7.69. The lowest BCUT2D eigenvalue weighted by Crippen LogP contribution is -2.31. The van der Waals surface area contributed by atoms with E-state index in [4.69, 9.17) is 9.47 Å². The standard InChI is InChI=1S/C25H25FN2O5/c1-15(2)28-16(3)23(25(31)32-4)21(24(28)30)13-17-5-11-20(12-6-17)33-14-22(29)27-19-9-7-18(26)8-10-19/h5-13,15H,14H2,1-4H3,(H,27,29)/b21-13-. The van der Waals surface area contributed by atoms with Crippen molar-refractivity contribution in [3.63, 3.8) is 0 Å². The Bertz CT molecular complexity index is 1120. The van der Waals surface area contributed by atoms with Gasteiger partial charge in [-0.1, -0.05) is 12.1 Å². The average Bonchev–Trinajstić information content (AvgIpc) is 3.03. The molecule has 0 fully saturated rings. The fourth-order valence-corrected chi connectivity index (χ4v) is 3.53. The number of hydrogen-bond donors (Lipinski definition) is 1. The number of methoxy groups -OCH3 is 1. The van der Waals surface area contributed by atoms with Gasteiger partial charge in [0, 0.05) is 17.4 Å². The fourth-order valence-electron chi connectivity index (χ4n) is 3.53. The molecule has 0 spiro atoms. The van der Waals surface area contributed by atoms with E-state index in [-0.39, 0.29) is 41.4 Å².